The van der Waals surface area contributed by atoms with Crippen molar-refractivity contribution < 1.29 is 8.78 Å². The lowest BCUT2D eigenvalue weighted by atomic mass is 9.71. The number of halogens is 2. The lowest BCUT2D eigenvalue weighted by Crippen LogP contribution is -2.31. The van der Waals surface area contributed by atoms with Gasteiger partial charge in [0.25, 0.3) is 0 Å². The number of hydrogen-bond donors (Lipinski definition) is 0. The van der Waals surface area contributed by atoms with Crippen LogP contribution in [0.25, 0.3) is 43.1 Å². The lowest BCUT2D eigenvalue weighted by molar-refractivity contribution is 0.482. The van der Waals surface area contributed by atoms with Crippen molar-refractivity contribution in [1.82, 2.24) is 0 Å². The van der Waals surface area contributed by atoms with Crippen LogP contribution < -0.4 is 0 Å². The molecule has 129 heavy (non-hydrogen) atoms. The summed E-state index contributed by atoms with van der Waals surface area (Å²) < 4.78 is 27.1. The summed E-state index contributed by atoms with van der Waals surface area (Å²) in [6, 6.07) is 85.2. The van der Waals surface area contributed by atoms with Gasteiger partial charge in [0, 0.05) is 89.0 Å². The largest absolute Gasteiger partial charge is 0.257 e. The molecule has 8 unspecified atom stereocenters. The van der Waals surface area contributed by atoms with E-state index in [-0.39, 0.29) is 55.0 Å². The van der Waals surface area contributed by atoms with Crippen molar-refractivity contribution in [2.75, 3.05) is 0 Å². The van der Waals surface area contributed by atoms with E-state index in [1.54, 1.807) is 0 Å². The Labute approximate surface area is 763 Å². The molecule has 654 valence electrons. The zero-order valence-corrected chi connectivity index (χ0v) is 79.0. The molecule has 8 nitrogen and oxygen atoms in total. The first-order valence-corrected chi connectivity index (χ1v) is 47.2. The number of hydrogen-bond acceptors (Lipinski definition) is 8. The van der Waals surface area contributed by atoms with Gasteiger partial charge in [-0.1, -0.05) is 268 Å². The molecule has 0 fully saturated rings. The number of unbranched alkanes of at least 4 members (excludes halogenated alkanes) is 4. The highest BCUT2D eigenvalue weighted by atomic mass is 19.1. The number of aliphatic imine (C=N–C) groups is 8. The van der Waals surface area contributed by atoms with Crippen molar-refractivity contribution in [2.24, 2.45) is 39.9 Å². The summed E-state index contributed by atoms with van der Waals surface area (Å²) in [4.78, 5) is 39.0. The van der Waals surface area contributed by atoms with Gasteiger partial charge in [-0.15, -0.1) is 0 Å². The standard InChI is InChI=1S/C36H32N2.C32H32N2.C27H34N2.C24H26F2N2/c1-23-35(3,33-29-11-7-5-9-27(29)17-19-31(33)37-23)21-25-13-15-26(16-14-25)22-36(4)24(2)38-32-20-18-28-10-6-8-12-30(28)34(32)36;1-21-31(3,29-25-13-7-5-11-23(25)15-17-27(29)33-21)19-9-10-20-32(4)22(2)34-28-18-16-24-12-6-8-14-26(24)30(28)32;1-18-10-12-22-24(16-18)28-20(3)26(22,5)14-8-7-9-15-27(6)21(4)29-25-17-19(2)11-13-23(25)27;1-15-23(3,19-9-7-17(25)13-21(19)27-15)11-5-6-12-24(4)16(2)28-22-14-18(26)8-10-20(22)24/h5-20H,21-22H2,1-4H3;5-8,11-18H,9-10,19-20H2,1-4H3;10-13,16-17H,7-9,14-15H2,1-6H3;7-10,13-14H,5-6,11-12H2,1-4H3. The molecule has 0 saturated carbocycles. The molecule has 8 aliphatic heterocycles. The van der Waals surface area contributed by atoms with E-state index < -0.39 is 0 Å². The van der Waals surface area contributed by atoms with Gasteiger partial charge < -0.3 is 0 Å². The minimum absolute atomic E-state index is 0.000511. The van der Waals surface area contributed by atoms with Crippen LogP contribution in [0.3, 0.4) is 0 Å². The number of benzene rings is 13. The normalized spacial score (nSPS) is 23.7. The van der Waals surface area contributed by atoms with Gasteiger partial charge >= 0.3 is 0 Å². The molecule has 8 aliphatic rings. The summed E-state index contributed by atoms with van der Waals surface area (Å²) in [6.07, 6.45) is 16.6. The molecule has 0 radical (unpaired) electrons. The number of nitrogens with zero attached hydrogens (tertiary/aromatic N) is 8. The van der Waals surface area contributed by atoms with E-state index >= 15 is 0 Å². The Morgan fingerprint density at radius 2 is 0.434 bits per heavy atom. The summed E-state index contributed by atoms with van der Waals surface area (Å²) >= 11 is 0. The van der Waals surface area contributed by atoms with Gasteiger partial charge in [-0.25, -0.2) is 8.78 Å². The number of aryl methyl sites for hydroxylation is 2. The molecule has 0 spiro atoms. The van der Waals surface area contributed by atoms with Gasteiger partial charge in [-0.2, -0.15) is 0 Å². The first kappa shape index (κ1) is 87.8. The van der Waals surface area contributed by atoms with Crippen molar-refractivity contribution in [3.63, 3.8) is 0 Å². The van der Waals surface area contributed by atoms with E-state index in [4.69, 9.17) is 30.0 Å². The molecular formula is C119H124F2N8. The maximum atomic E-state index is 13.5. The highest BCUT2D eigenvalue weighted by molar-refractivity contribution is 6.11. The average Bonchev–Trinajstić information content (AvgIpc) is 1.59. The highest BCUT2D eigenvalue weighted by Gasteiger charge is 2.46. The quantitative estimate of drug-likeness (QED) is 0.0679. The molecular weight excluding hydrogens is 1580 g/mol. The topological polar surface area (TPSA) is 98.9 Å². The van der Waals surface area contributed by atoms with Crippen molar-refractivity contribution in [3.8, 4) is 0 Å². The third-order valence-electron chi connectivity index (χ3n) is 32.3. The number of fused-ring (bicyclic) bond motifs is 16. The number of rotatable bonds is 20. The fourth-order valence-corrected chi connectivity index (χ4v) is 23.1. The molecule has 0 aliphatic carbocycles. The second kappa shape index (κ2) is 33.9. The van der Waals surface area contributed by atoms with Crippen molar-refractivity contribution in [1.29, 1.82) is 0 Å². The van der Waals surface area contributed by atoms with Crippen LogP contribution >= 0.6 is 0 Å². The third kappa shape index (κ3) is 15.5. The molecule has 13 aromatic carbocycles. The van der Waals surface area contributed by atoms with Gasteiger partial charge in [-0.05, 0) is 305 Å². The van der Waals surface area contributed by atoms with Gasteiger partial charge in [0.15, 0.2) is 0 Å². The first-order chi connectivity index (χ1) is 61.8. The smallest absolute Gasteiger partial charge is 0.125 e. The van der Waals surface area contributed by atoms with Gasteiger partial charge in [-0.3, -0.25) is 39.9 Å². The van der Waals surface area contributed by atoms with E-state index in [9.17, 15) is 8.78 Å². The Morgan fingerprint density at radius 3 is 0.729 bits per heavy atom. The third-order valence-corrected chi connectivity index (χ3v) is 32.3. The molecule has 0 saturated heterocycles. The molecule has 0 aromatic heterocycles. The Hall–Kier alpha value is -11.9. The molecule has 8 atom stereocenters. The van der Waals surface area contributed by atoms with Crippen molar-refractivity contribution in [3.05, 3.63) is 321 Å². The minimum Gasteiger partial charge on any atom is -0.257 e. The van der Waals surface area contributed by atoms with Crippen LogP contribution in [-0.2, 0) is 56.2 Å². The monoisotopic (exact) mass is 1700 g/mol. The summed E-state index contributed by atoms with van der Waals surface area (Å²) in [5.74, 6) is -0.475. The van der Waals surface area contributed by atoms with Crippen LogP contribution in [0.2, 0.25) is 0 Å². The van der Waals surface area contributed by atoms with Crippen molar-refractivity contribution in [2.45, 2.75) is 264 Å². The van der Waals surface area contributed by atoms with E-state index in [1.807, 2.05) is 26.0 Å². The Balaban J connectivity index is 0.000000117. The maximum absolute atomic E-state index is 13.5. The molecule has 0 bridgehead atoms. The Morgan fingerprint density at radius 1 is 0.209 bits per heavy atom. The van der Waals surface area contributed by atoms with Crippen LogP contribution in [0, 0.1) is 25.5 Å². The summed E-state index contributed by atoms with van der Waals surface area (Å²) in [5, 5.41) is 10.5. The zero-order chi connectivity index (χ0) is 90.5. The van der Waals surface area contributed by atoms with E-state index in [1.165, 1.54) is 214 Å². The summed E-state index contributed by atoms with van der Waals surface area (Å²) in [5.41, 5.74) is 33.6. The predicted molar refractivity (Wildman–Crippen MR) is 546 cm³/mol. The SMILES string of the molecule is CC1=Nc2cc(C)ccc2C1(C)CCCCCC1(C)C(C)=Nc2cc(C)ccc21.CC1=Nc2cc(F)ccc2C1(C)CCCCC1(C)C(C)=Nc2cc(F)ccc21.CC1=Nc2ccc3ccccc3c2C1(C)CCCCC1(C)C(C)=Nc2ccc3ccccc3c21.CC1=Nc2ccc3ccccc3c2C1(C)Cc1ccc(CC2(C)C(C)=Nc3ccc4ccccc4c32)cc1. The van der Waals surface area contributed by atoms with E-state index in [0.29, 0.717) is 0 Å². The second-order valence-corrected chi connectivity index (χ2v) is 40.5. The molecule has 10 heteroatoms. The molecule has 0 N–H and O–H groups in total. The zero-order valence-electron chi connectivity index (χ0n) is 79.0. The average molecular weight is 1700 g/mol. The van der Waals surface area contributed by atoms with Gasteiger partial charge in [0.1, 0.15) is 11.6 Å². The fraction of sp³-hybridized carbons (Fsp3) is 0.345. The minimum atomic E-state index is -0.237. The molecule has 8 heterocycles. The molecule has 0 amide bonds. The Kier molecular flexibility index (Phi) is 23.1. The van der Waals surface area contributed by atoms with Gasteiger partial charge in [0.2, 0.25) is 0 Å². The van der Waals surface area contributed by atoms with Crippen LogP contribution in [-0.4, -0.2) is 45.7 Å². The Bertz CT molecular complexity index is 6560. The van der Waals surface area contributed by atoms with Crippen LogP contribution in [0.4, 0.5) is 54.3 Å². The second-order valence-electron chi connectivity index (χ2n) is 40.5. The van der Waals surface area contributed by atoms with E-state index in [2.05, 4.69) is 327 Å². The van der Waals surface area contributed by atoms with Crippen LogP contribution in [0.5, 0.6) is 0 Å². The fourth-order valence-electron chi connectivity index (χ4n) is 23.1. The first-order valence-electron chi connectivity index (χ1n) is 47.2. The van der Waals surface area contributed by atoms with Crippen molar-refractivity contribution >= 4 is 134 Å². The summed E-state index contributed by atoms with van der Waals surface area (Å²) in [7, 11) is 0. The highest BCUT2D eigenvalue weighted by Crippen LogP contribution is 2.55. The molecule has 13 aromatic rings. The van der Waals surface area contributed by atoms with E-state index in [0.717, 1.165) is 108 Å². The van der Waals surface area contributed by atoms with Gasteiger partial charge in [0.05, 0.1) is 45.5 Å². The van der Waals surface area contributed by atoms with Crippen LogP contribution in [0.15, 0.2) is 283 Å². The van der Waals surface area contributed by atoms with Crippen LogP contribution in [0.1, 0.15) is 261 Å². The maximum Gasteiger partial charge on any atom is 0.125 e. The summed E-state index contributed by atoms with van der Waals surface area (Å²) in [6.45, 7) is 40.3. The predicted octanol–water partition coefficient (Wildman–Crippen LogP) is 32.8. The lowest BCUT2D eigenvalue weighted by Gasteiger charge is -2.30. The molecule has 21 rings (SSSR count).